The van der Waals surface area contributed by atoms with E-state index in [1.54, 1.807) is 0 Å². The molecule has 1 aliphatic heterocycles. The zero-order valence-corrected chi connectivity index (χ0v) is 13.2. The van der Waals surface area contributed by atoms with Crippen molar-refractivity contribution in [1.82, 2.24) is 15.1 Å². The van der Waals surface area contributed by atoms with Crippen molar-refractivity contribution < 1.29 is 18.0 Å². The number of nitrogens with zero attached hydrogens (tertiary/aromatic N) is 2. The summed E-state index contributed by atoms with van der Waals surface area (Å²) >= 11 is 0. The zero-order chi connectivity index (χ0) is 16.7. The quantitative estimate of drug-likeness (QED) is 0.899. The van der Waals surface area contributed by atoms with Gasteiger partial charge in [0, 0.05) is 30.1 Å². The van der Waals surface area contributed by atoms with E-state index in [0.29, 0.717) is 18.8 Å². The van der Waals surface area contributed by atoms with E-state index in [-0.39, 0.29) is 17.2 Å². The maximum atomic E-state index is 12.8. The first-order valence-corrected chi connectivity index (χ1v) is 8.21. The molecule has 0 aromatic carbocycles. The Morgan fingerprint density at radius 1 is 1.35 bits per heavy atom. The third kappa shape index (κ3) is 3.23. The van der Waals surface area contributed by atoms with Gasteiger partial charge in [0.15, 0.2) is 5.69 Å². The summed E-state index contributed by atoms with van der Waals surface area (Å²) in [5.74, 6) is 0.0663. The molecule has 1 saturated carbocycles. The molecule has 1 aromatic heterocycles. The van der Waals surface area contributed by atoms with Crippen LogP contribution in [-0.2, 0) is 11.0 Å². The SMILES string of the molecule is CC1(C(=O)N2CCC[C@@H](c3cc(C(F)(F)F)n[nH]3)C2)CCCC1. The minimum atomic E-state index is -4.43. The molecule has 1 atom stereocenters. The van der Waals surface area contributed by atoms with E-state index in [2.05, 4.69) is 10.2 Å². The van der Waals surface area contributed by atoms with Gasteiger partial charge in [-0.05, 0) is 31.7 Å². The molecule has 2 heterocycles. The number of piperidine rings is 1. The number of aromatic amines is 1. The Labute approximate surface area is 133 Å². The van der Waals surface area contributed by atoms with E-state index in [1.807, 2.05) is 11.8 Å². The van der Waals surface area contributed by atoms with Gasteiger partial charge in [-0.3, -0.25) is 9.89 Å². The molecular formula is C16H22F3N3O. The number of carbonyl (C=O) groups excluding carboxylic acids is 1. The molecule has 1 N–H and O–H groups in total. The lowest BCUT2D eigenvalue weighted by Gasteiger charge is -2.37. The van der Waals surface area contributed by atoms with Crippen molar-refractivity contribution in [2.45, 2.75) is 57.5 Å². The smallest absolute Gasteiger partial charge is 0.342 e. The van der Waals surface area contributed by atoms with Gasteiger partial charge in [0.1, 0.15) is 0 Å². The lowest BCUT2D eigenvalue weighted by molar-refractivity contribution is -0.142. The summed E-state index contributed by atoms with van der Waals surface area (Å²) in [5.41, 5.74) is -0.697. The average Bonchev–Trinajstić information content (AvgIpc) is 3.16. The summed E-state index contributed by atoms with van der Waals surface area (Å²) in [6.07, 6.45) is 1.14. The second kappa shape index (κ2) is 5.83. The molecule has 7 heteroatoms. The van der Waals surface area contributed by atoms with Gasteiger partial charge in [-0.25, -0.2) is 0 Å². The fraction of sp³-hybridized carbons (Fsp3) is 0.750. The molecule has 0 spiro atoms. The number of nitrogens with one attached hydrogen (secondary N) is 1. The Morgan fingerprint density at radius 3 is 2.65 bits per heavy atom. The van der Waals surface area contributed by atoms with E-state index < -0.39 is 11.9 Å². The normalized spacial score (nSPS) is 24.9. The van der Waals surface area contributed by atoms with Gasteiger partial charge < -0.3 is 4.90 Å². The Kier molecular flexibility index (Phi) is 4.14. The molecule has 128 valence electrons. The van der Waals surface area contributed by atoms with Gasteiger partial charge in [0.05, 0.1) is 0 Å². The maximum absolute atomic E-state index is 12.8. The second-order valence-electron chi connectivity index (χ2n) is 7.06. The van der Waals surface area contributed by atoms with Crippen LogP contribution in [0.2, 0.25) is 0 Å². The number of halogens is 3. The van der Waals surface area contributed by atoms with Crippen LogP contribution >= 0.6 is 0 Å². The molecule has 0 radical (unpaired) electrons. The first-order chi connectivity index (χ1) is 10.8. The molecule has 0 unspecified atom stereocenters. The van der Waals surface area contributed by atoms with Crippen LogP contribution in [0.15, 0.2) is 6.07 Å². The summed E-state index contributed by atoms with van der Waals surface area (Å²) in [4.78, 5) is 14.6. The van der Waals surface area contributed by atoms with Crippen molar-refractivity contribution in [3.05, 3.63) is 17.5 Å². The van der Waals surface area contributed by atoms with Crippen molar-refractivity contribution in [3.8, 4) is 0 Å². The molecular weight excluding hydrogens is 307 g/mol. The third-order valence-electron chi connectivity index (χ3n) is 5.26. The van der Waals surface area contributed by atoms with Gasteiger partial charge >= 0.3 is 6.18 Å². The Morgan fingerprint density at radius 2 is 2.04 bits per heavy atom. The summed E-state index contributed by atoms with van der Waals surface area (Å²) in [6, 6.07) is 1.08. The number of carbonyl (C=O) groups is 1. The van der Waals surface area contributed by atoms with E-state index in [1.165, 1.54) is 0 Å². The highest BCUT2D eigenvalue weighted by atomic mass is 19.4. The molecule has 2 aliphatic rings. The number of H-pyrrole nitrogens is 1. The number of amides is 1. The monoisotopic (exact) mass is 329 g/mol. The van der Waals surface area contributed by atoms with Crippen LogP contribution in [0.25, 0.3) is 0 Å². The summed E-state index contributed by atoms with van der Waals surface area (Å²) in [7, 11) is 0. The van der Waals surface area contributed by atoms with Gasteiger partial charge in [-0.1, -0.05) is 19.8 Å². The molecule has 4 nitrogen and oxygen atoms in total. The van der Waals surface area contributed by atoms with Crippen molar-refractivity contribution in [1.29, 1.82) is 0 Å². The Bertz CT molecular complexity index is 575. The first kappa shape index (κ1) is 16.3. The Hall–Kier alpha value is -1.53. The number of rotatable bonds is 2. The van der Waals surface area contributed by atoms with Crippen LogP contribution < -0.4 is 0 Å². The highest BCUT2D eigenvalue weighted by Gasteiger charge is 2.41. The predicted octanol–water partition coefficient (Wildman–Crippen LogP) is 3.71. The van der Waals surface area contributed by atoms with E-state index >= 15 is 0 Å². The fourth-order valence-corrected chi connectivity index (χ4v) is 3.86. The van der Waals surface area contributed by atoms with E-state index in [9.17, 15) is 18.0 Å². The first-order valence-electron chi connectivity index (χ1n) is 8.21. The maximum Gasteiger partial charge on any atom is 0.435 e. The molecule has 1 amide bonds. The topological polar surface area (TPSA) is 49.0 Å². The van der Waals surface area contributed by atoms with Gasteiger partial charge in [0.25, 0.3) is 0 Å². The largest absolute Gasteiger partial charge is 0.435 e. The van der Waals surface area contributed by atoms with Crippen LogP contribution in [0.1, 0.15) is 62.8 Å². The molecule has 1 aliphatic carbocycles. The van der Waals surface area contributed by atoms with Crippen molar-refractivity contribution >= 4 is 5.91 Å². The summed E-state index contributed by atoms with van der Waals surface area (Å²) < 4.78 is 38.0. The fourth-order valence-electron chi connectivity index (χ4n) is 3.86. The van der Waals surface area contributed by atoms with Crippen LogP contribution in [-0.4, -0.2) is 34.1 Å². The molecule has 23 heavy (non-hydrogen) atoms. The molecule has 1 aromatic rings. The van der Waals surface area contributed by atoms with Crippen LogP contribution in [0.5, 0.6) is 0 Å². The number of hydrogen-bond acceptors (Lipinski definition) is 2. The second-order valence-corrected chi connectivity index (χ2v) is 7.06. The average molecular weight is 329 g/mol. The highest BCUT2D eigenvalue weighted by molar-refractivity contribution is 5.82. The minimum absolute atomic E-state index is 0.0960. The summed E-state index contributed by atoms with van der Waals surface area (Å²) in [5, 5.41) is 5.88. The number of hydrogen-bond donors (Lipinski definition) is 1. The van der Waals surface area contributed by atoms with Gasteiger partial charge in [-0.15, -0.1) is 0 Å². The number of likely N-dealkylation sites (tertiary alicyclic amines) is 1. The van der Waals surface area contributed by atoms with Crippen molar-refractivity contribution in [3.63, 3.8) is 0 Å². The lowest BCUT2D eigenvalue weighted by atomic mass is 9.85. The Balaban J connectivity index is 1.71. The van der Waals surface area contributed by atoms with Crippen molar-refractivity contribution in [2.75, 3.05) is 13.1 Å². The van der Waals surface area contributed by atoms with Crippen LogP contribution in [0, 0.1) is 5.41 Å². The third-order valence-corrected chi connectivity index (χ3v) is 5.26. The van der Waals surface area contributed by atoms with Crippen LogP contribution in [0.4, 0.5) is 13.2 Å². The standard InChI is InChI=1S/C16H22F3N3O/c1-15(6-2-3-7-15)14(23)22-8-4-5-11(10-22)12-9-13(21-20-12)16(17,18)19/h9,11H,2-8,10H2,1H3,(H,20,21)/t11-/m1/s1. The van der Waals surface area contributed by atoms with Crippen molar-refractivity contribution in [2.24, 2.45) is 5.41 Å². The van der Waals surface area contributed by atoms with E-state index in [0.717, 1.165) is 44.6 Å². The highest BCUT2D eigenvalue weighted by Crippen LogP contribution is 2.40. The number of alkyl halides is 3. The molecule has 2 fully saturated rings. The molecule has 3 rings (SSSR count). The summed E-state index contributed by atoms with van der Waals surface area (Å²) in [6.45, 7) is 3.20. The van der Waals surface area contributed by atoms with E-state index in [4.69, 9.17) is 0 Å². The minimum Gasteiger partial charge on any atom is -0.342 e. The predicted molar refractivity (Wildman–Crippen MR) is 78.7 cm³/mol. The van der Waals surface area contributed by atoms with Gasteiger partial charge in [-0.2, -0.15) is 18.3 Å². The number of aromatic nitrogens is 2. The zero-order valence-electron chi connectivity index (χ0n) is 13.2. The van der Waals surface area contributed by atoms with Crippen LogP contribution in [0.3, 0.4) is 0 Å². The molecule has 0 bridgehead atoms. The lowest BCUT2D eigenvalue weighted by Crippen LogP contribution is -2.45. The molecule has 1 saturated heterocycles. The van der Waals surface area contributed by atoms with Gasteiger partial charge in [0.2, 0.25) is 5.91 Å².